The van der Waals surface area contributed by atoms with E-state index >= 15 is 0 Å². The summed E-state index contributed by atoms with van der Waals surface area (Å²) in [6.45, 7) is 7.20. The number of aliphatic carboxylic acids is 1. The smallest absolute Gasteiger partial charge is 0.326 e. The van der Waals surface area contributed by atoms with Crippen LogP contribution in [0.25, 0.3) is 10.9 Å². The number of rotatable bonds is 8. The van der Waals surface area contributed by atoms with Gasteiger partial charge in [-0.05, 0) is 35.6 Å². The highest BCUT2D eigenvalue weighted by Crippen LogP contribution is 2.34. The lowest BCUT2D eigenvalue weighted by atomic mass is 9.97. The molecular formula is C28H33N5O5. The van der Waals surface area contributed by atoms with E-state index in [1.165, 1.54) is 4.90 Å². The summed E-state index contributed by atoms with van der Waals surface area (Å²) in [4.78, 5) is 56.4. The van der Waals surface area contributed by atoms with Gasteiger partial charge in [0.1, 0.15) is 18.1 Å². The Morgan fingerprint density at radius 1 is 1.00 bits per heavy atom. The van der Waals surface area contributed by atoms with Gasteiger partial charge in [-0.15, -0.1) is 0 Å². The second kappa shape index (κ2) is 11.0. The first-order chi connectivity index (χ1) is 18.1. The Bertz CT molecular complexity index is 1360. The van der Waals surface area contributed by atoms with Gasteiger partial charge in [-0.2, -0.15) is 0 Å². The van der Waals surface area contributed by atoms with Gasteiger partial charge >= 0.3 is 12.0 Å². The van der Waals surface area contributed by atoms with Crippen molar-refractivity contribution >= 4 is 46.1 Å². The third-order valence-corrected chi connectivity index (χ3v) is 6.76. The third-order valence-electron chi connectivity index (χ3n) is 6.76. The van der Waals surface area contributed by atoms with Gasteiger partial charge in [0.15, 0.2) is 0 Å². The monoisotopic (exact) mass is 519 g/mol. The predicted octanol–water partition coefficient (Wildman–Crippen LogP) is 3.50. The van der Waals surface area contributed by atoms with E-state index in [0.717, 1.165) is 16.5 Å². The normalized spacial score (nSPS) is 16.6. The van der Waals surface area contributed by atoms with Gasteiger partial charge in [-0.3, -0.25) is 14.5 Å². The second-order valence-electron chi connectivity index (χ2n) is 10.2. The molecule has 10 nitrogen and oxygen atoms in total. The van der Waals surface area contributed by atoms with Gasteiger partial charge in [-0.1, -0.05) is 58.0 Å². The highest BCUT2D eigenvalue weighted by atomic mass is 16.4. The van der Waals surface area contributed by atoms with Crippen molar-refractivity contribution in [1.82, 2.24) is 15.6 Å². The summed E-state index contributed by atoms with van der Waals surface area (Å²) in [5.41, 5.74) is 2.65. The fourth-order valence-electron chi connectivity index (χ4n) is 4.82. The van der Waals surface area contributed by atoms with Crippen molar-refractivity contribution in [3.8, 4) is 0 Å². The summed E-state index contributed by atoms with van der Waals surface area (Å²) in [6.07, 6.45) is 1.80. The summed E-state index contributed by atoms with van der Waals surface area (Å²) in [5.74, 6) is -2.67. The van der Waals surface area contributed by atoms with E-state index in [1.807, 2.05) is 38.1 Å². The number of nitrogens with zero attached hydrogens (tertiary/aromatic N) is 1. The largest absolute Gasteiger partial charge is 0.480 e. The molecule has 1 aliphatic rings. The summed E-state index contributed by atoms with van der Waals surface area (Å²) in [7, 11) is 0. The van der Waals surface area contributed by atoms with Gasteiger partial charge < -0.3 is 26.0 Å². The lowest BCUT2D eigenvalue weighted by molar-refractivity contribution is -0.142. The molecular weight excluding hydrogens is 486 g/mol. The molecule has 10 heteroatoms. The molecule has 0 unspecified atom stereocenters. The Morgan fingerprint density at radius 3 is 2.37 bits per heavy atom. The summed E-state index contributed by atoms with van der Waals surface area (Å²) in [6, 6.07) is 10.9. The van der Waals surface area contributed by atoms with Crippen LogP contribution >= 0.6 is 0 Å². The van der Waals surface area contributed by atoms with Crippen LogP contribution in [-0.2, 0) is 20.8 Å². The van der Waals surface area contributed by atoms with Gasteiger partial charge in [0.2, 0.25) is 11.8 Å². The number of aromatic amines is 1. The minimum atomic E-state index is -1.20. The zero-order chi connectivity index (χ0) is 27.6. The van der Waals surface area contributed by atoms with Crippen molar-refractivity contribution in [2.24, 2.45) is 11.8 Å². The van der Waals surface area contributed by atoms with E-state index in [9.17, 15) is 24.3 Å². The van der Waals surface area contributed by atoms with Gasteiger partial charge in [0.05, 0.1) is 11.4 Å². The molecule has 0 aliphatic carbocycles. The number of amides is 4. The van der Waals surface area contributed by atoms with Crippen LogP contribution in [0.2, 0.25) is 0 Å². The zero-order valence-corrected chi connectivity index (χ0v) is 21.8. The van der Waals surface area contributed by atoms with Gasteiger partial charge in [-0.25, -0.2) is 9.59 Å². The maximum absolute atomic E-state index is 13.6. The molecule has 0 bridgehead atoms. The third kappa shape index (κ3) is 5.34. The van der Waals surface area contributed by atoms with Crippen molar-refractivity contribution in [2.75, 3.05) is 10.2 Å². The quantitative estimate of drug-likeness (QED) is 0.309. The SMILES string of the molecule is CC(C)[C@H](NC(=O)N1c2ccccc2NC(=O)[C@H]1C(C)C)C(=O)N[C@H](Cc1c[nH]c2ccccc12)C(=O)O. The van der Waals surface area contributed by atoms with Crippen molar-refractivity contribution < 1.29 is 24.3 Å². The lowest BCUT2D eigenvalue weighted by Gasteiger charge is -2.39. The number of carboxylic acid groups (broad SMARTS) is 1. The highest BCUT2D eigenvalue weighted by Gasteiger charge is 2.40. The van der Waals surface area contributed by atoms with E-state index in [4.69, 9.17) is 0 Å². The number of nitrogens with one attached hydrogen (secondary N) is 4. The number of para-hydroxylation sites is 3. The molecule has 2 aromatic carbocycles. The molecule has 0 saturated carbocycles. The summed E-state index contributed by atoms with van der Waals surface area (Å²) < 4.78 is 0. The standard InChI is InChI=1S/C28H33N5O5/c1-15(2)23(25(34)31-21(27(36)37)13-17-14-29-19-10-6-5-9-18(17)19)32-28(38)33-22-12-8-7-11-20(22)30-26(35)24(33)16(3)4/h5-12,14-16,21,23-24,29H,13H2,1-4H3,(H,30,35)(H,31,34)(H,32,38)(H,36,37)/t21-,23+,24-/m1/s1. The van der Waals surface area contributed by atoms with Gasteiger partial charge in [0.25, 0.3) is 0 Å². The van der Waals surface area contributed by atoms with E-state index < -0.39 is 36.0 Å². The van der Waals surface area contributed by atoms with Crippen LogP contribution in [-0.4, -0.2) is 52.0 Å². The molecule has 0 saturated heterocycles. The van der Waals surface area contributed by atoms with Crippen LogP contribution < -0.4 is 20.9 Å². The minimum absolute atomic E-state index is 0.0684. The predicted molar refractivity (Wildman–Crippen MR) is 145 cm³/mol. The number of fused-ring (bicyclic) bond motifs is 2. The van der Waals surface area contributed by atoms with Gasteiger partial charge in [0, 0.05) is 23.5 Å². The van der Waals surface area contributed by atoms with Crippen LogP contribution in [0.4, 0.5) is 16.2 Å². The number of hydrogen-bond acceptors (Lipinski definition) is 4. The molecule has 2 heterocycles. The molecule has 0 fully saturated rings. The number of H-pyrrole nitrogens is 1. The molecule has 5 N–H and O–H groups in total. The second-order valence-corrected chi connectivity index (χ2v) is 10.2. The Labute approximate surface area is 220 Å². The number of carbonyl (C=O) groups excluding carboxylic acids is 3. The summed E-state index contributed by atoms with van der Waals surface area (Å²) >= 11 is 0. The number of aromatic nitrogens is 1. The average Bonchev–Trinajstić information content (AvgIpc) is 3.28. The number of anilines is 2. The molecule has 4 rings (SSSR count). The molecule has 0 radical (unpaired) electrons. The van der Waals surface area contributed by atoms with Crippen LogP contribution in [0, 0.1) is 11.8 Å². The van der Waals surface area contributed by atoms with Crippen LogP contribution in [0.5, 0.6) is 0 Å². The van der Waals surface area contributed by atoms with Crippen molar-refractivity contribution in [3.05, 3.63) is 60.3 Å². The first-order valence-corrected chi connectivity index (χ1v) is 12.7. The zero-order valence-electron chi connectivity index (χ0n) is 21.8. The number of carbonyl (C=O) groups is 4. The van der Waals surface area contributed by atoms with E-state index in [1.54, 1.807) is 44.3 Å². The maximum atomic E-state index is 13.6. The first kappa shape index (κ1) is 26.7. The number of benzene rings is 2. The Balaban J connectivity index is 1.55. The molecule has 200 valence electrons. The molecule has 0 spiro atoms. The van der Waals surface area contributed by atoms with E-state index in [0.29, 0.717) is 11.4 Å². The fourth-order valence-corrected chi connectivity index (χ4v) is 4.82. The van der Waals surface area contributed by atoms with E-state index in [2.05, 4.69) is 20.9 Å². The minimum Gasteiger partial charge on any atom is -0.480 e. The van der Waals surface area contributed by atoms with Crippen LogP contribution in [0.3, 0.4) is 0 Å². The molecule has 4 amide bonds. The van der Waals surface area contributed by atoms with Crippen LogP contribution in [0.15, 0.2) is 54.7 Å². The maximum Gasteiger partial charge on any atom is 0.326 e. The van der Waals surface area contributed by atoms with E-state index in [-0.39, 0.29) is 24.2 Å². The molecule has 1 aromatic heterocycles. The molecule has 3 aromatic rings. The average molecular weight is 520 g/mol. The topological polar surface area (TPSA) is 144 Å². The number of carboxylic acids is 1. The number of hydrogen-bond donors (Lipinski definition) is 5. The molecule has 38 heavy (non-hydrogen) atoms. The Kier molecular flexibility index (Phi) is 7.70. The Hall–Kier alpha value is -4.34. The Morgan fingerprint density at radius 2 is 1.68 bits per heavy atom. The molecule has 1 aliphatic heterocycles. The lowest BCUT2D eigenvalue weighted by Crippen LogP contribution is -2.61. The van der Waals surface area contributed by atoms with Crippen LogP contribution in [0.1, 0.15) is 33.3 Å². The molecule has 3 atom stereocenters. The van der Waals surface area contributed by atoms with Crippen molar-refractivity contribution in [3.63, 3.8) is 0 Å². The first-order valence-electron chi connectivity index (χ1n) is 12.7. The van der Waals surface area contributed by atoms with Crippen molar-refractivity contribution in [1.29, 1.82) is 0 Å². The highest BCUT2D eigenvalue weighted by molar-refractivity contribution is 6.12. The number of urea groups is 1. The summed E-state index contributed by atoms with van der Waals surface area (Å²) in [5, 5.41) is 19.0. The van der Waals surface area contributed by atoms with Crippen molar-refractivity contribution in [2.45, 2.75) is 52.2 Å². The fraction of sp³-hybridized carbons (Fsp3) is 0.357.